The largest absolute Gasteiger partial charge is 0.491 e. The van der Waals surface area contributed by atoms with Crippen LogP contribution in [0.3, 0.4) is 0 Å². The molecule has 10 heteroatoms. The monoisotopic (exact) mass is 532 g/mol. The van der Waals surface area contributed by atoms with Crippen molar-refractivity contribution in [3.63, 3.8) is 0 Å². The van der Waals surface area contributed by atoms with Crippen molar-refractivity contribution in [2.24, 2.45) is 10.7 Å². The third-order valence-electron chi connectivity index (χ3n) is 7.56. The lowest BCUT2D eigenvalue weighted by atomic mass is 9.97. The molecule has 0 saturated carbocycles. The molecule has 1 atom stereocenters. The summed E-state index contributed by atoms with van der Waals surface area (Å²) in [6.45, 7) is 13.3. The van der Waals surface area contributed by atoms with Crippen LogP contribution < -0.4 is 10.5 Å². The highest BCUT2D eigenvalue weighted by Crippen LogP contribution is 2.35. The van der Waals surface area contributed by atoms with Crippen LogP contribution in [0.15, 0.2) is 41.7 Å². The van der Waals surface area contributed by atoms with E-state index in [1.54, 1.807) is 0 Å². The summed E-state index contributed by atoms with van der Waals surface area (Å²) in [6, 6.07) is 6.46. The highest BCUT2D eigenvalue weighted by atomic mass is 16.5. The summed E-state index contributed by atoms with van der Waals surface area (Å²) in [5.41, 5.74) is 9.09. The van der Waals surface area contributed by atoms with Crippen molar-refractivity contribution in [1.82, 2.24) is 29.2 Å². The molecule has 0 spiro atoms. The number of aryl methyl sites for hydroxylation is 1. The Morgan fingerprint density at radius 1 is 1.26 bits per heavy atom. The van der Waals surface area contributed by atoms with E-state index < -0.39 is 0 Å². The molecule has 0 bridgehead atoms. The highest BCUT2D eigenvalue weighted by molar-refractivity contribution is 6.09. The van der Waals surface area contributed by atoms with Gasteiger partial charge in [0, 0.05) is 29.9 Å². The summed E-state index contributed by atoms with van der Waals surface area (Å²) < 4.78 is 10.2. The number of likely N-dealkylation sites (tertiary alicyclic amines) is 1. The number of aliphatic imine (C=N–C) groups is 1. The number of fused-ring (bicyclic) bond motifs is 3. The van der Waals surface area contributed by atoms with Gasteiger partial charge in [-0.15, -0.1) is 0 Å². The fourth-order valence-corrected chi connectivity index (χ4v) is 5.33. The molecule has 39 heavy (non-hydrogen) atoms. The SMILES string of the molecule is Cc1nc(-c2cn3c(n2)-c2ccc(C(C=CN)=NC4CCCN(C(C)(C)CO)C4)cc2OCC3)n(C(C)C)n1. The van der Waals surface area contributed by atoms with Crippen LogP contribution in [-0.4, -0.2) is 77.9 Å². The quantitative estimate of drug-likeness (QED) is 0.446. The van der Waals surface area contributed by atoms with Gasteiger partial charge in [-0.05, 0) is 78.4 Å². The van der Waals surface area contributed by atoms with Crippen molar-refractivity contribution in [2.75, 3.05) is 26.3 Å². The van der Waals surface area contributed by atoms with Crippen molar-refractivity contribution >= 4 is 5.71 Å². The minimum Gasteiger partial charge on any atom is -0.491 e. The van der Waals surface area contributed by atoms with Gasteiger partial charge in [0.15, 0.2) is 5.82 Å². The van der Waals surface area contributed by atoms with Gasteiger partial charge in [-0.25, -0.2) is 14.6 Å². The molecule has 4 heterocycles. The molecule has 1 unspecified atom stereocenters. The number of nitrogens with zero attached hydrogens (tertiary/aromatic N) is 7. The number of nitrogens with two attached hydrogens (primary N) is 1. The second kappa shape index (κ2) is 10.9. The molecule has 208 valence electrons. The van der Waals surface area contributed by atoms with Crippen LogP contribution in [-0.2, 0) is 6.54 Å². The molecule has 0 amide bonds. The van der Waals surface area contributed by atoms with Crippen molar-refractivity contribution in [3.05, 3.63) is 48.1 Å². The number of imidazole rings is 1. The molecule has 3 N–H and O–H groups in total. The average Bonchev–Trinajstić information content (AvgIpc) is 3.48. The molecule has 2 aliphatic rings. The number of ether oxygens (including phenoxy) is 1. The predicted octanol–water partition coefficient (Wildman–Crippen LogP) is 3.59. The Hall–Kier alpha value is -3.50. The number of aliphatic hydroxyl groups is 1. The zero-order valence-electron chi connectivity index (χ0n) is 23.6. The minimum atomic E-state index is -0.266. The molecule has 1 aromatic carbocycles. The summed E-state index contributed by atoms with van der Waals surface area (Å²) in [5.74, 6) is 3.13. The number of hydrogen-bond donors (Lipinski definition) is 2. The average molecular weight is 533 g/mol. The normalized spacial score (nSPS) is 18.7. The van der Waals surface area contributed by atoms with Crippen LogP contribution >= 0.6 is 0 Å². The maximum atomic E-state index is 9.85. The van der Waals surface area contributed by atoms with Crippen molar-refractivity contribution in [1.29, 1.82) is 0 Å². The molecule has 1 fully saturated rings. The first-order valence-corrected chi connectivity index (χ1v) is 13.8. The first-order chi connectivity index (χ1) is 18.7. The van der Waals surface area contributed by atoms with Gasteiger partial charge in [0.2, 0.25) is 0 Å². The van der Waals surface area contributed by atoms with E-state index in [0.717, 1.165) is 71.7 Å². The number of rotatable bonds is 7. The summed E-state index contributed by atoms with van der Waals surface area (Å²) in [4.78, 5) is 17.1. The summed E-state index contributed by atoms with van der Waals surface area (Å²) in [7, 11) is 0. The Bertz CT molecular complexity index is 1380. The third kappa shape index (κ3) is 5.49. The third-order valence-corrected chi connectivity index (χ3v) is 7.56. The second-order valence-corrected chi connectivity index (χ2v) is 11.3. The van der Waals surface area contributed by atoms with E-state index in [2.05, 4.69) is 59.4 Å². The molecular formula is C29H40N8O2. The van der Waals surface area contributed by atoms with Gasteiger partial charge >= 0.3 is 0 Å². The van der Waals surface area contributed by atoms with Crippen molar-refractivity contribution in [2.45, 2.75) is 71.6 Å². The fraction of sp³-hybridized carbons (Fsp3) is 0.517. The lowest BCUT2D eigenvalue weighted by Crippen LogP contribution is -2.52. The van der Waals surface area contributed by atoms with Gasteiger partial charge in [0.25, 0.3) is 0 Å². The van der Waals surface area contributed by atoms with Gasteiger partial charge in [-0.1, -0.05) is 6.07 Å². The van der Waals surface area contributed by atoms with Crippen LogP contribution in [0.2, 0.25) is 0 Å². The highest BCUT2D eigenvalue weighted by Gasteiger charge is 2.31. The van der Waals surface area contributed by atoms with Crippen molar-refractivity contribution < 1.29 is 9.84 Å². The van der Waals surface area contributed by atoms with Gasteiger partial charge in [0.05, 0.1) is 30.5 Å². The number of aliphatic hydroxyl groups excluding tert-OH is 1. The Morgan fingerprint density at radius 2 is 2.08 bits per heavy atom. The van der Waals surface area contributed by atoms with E-state index in [1.807, 2.05) is 29.9 Å². The maximum absolute atomic E-state index is 9.85. The second-order valence-electron chi connectivity index (χ2n) is 11.3. The first-order valence-electron chi connectivity index (χ1n) is 13.8. The predicted molar refractivity (Wildman–Crippen MR) is 153 cm³/mol. The molecular weight excluding hydrogens is 492 g/mol. The zero-order valence-corrected chi connectivity index (χ0v) is 23.6. The van der Waals surface area contributed by atoms with Crippen molar-refractivity contribution in [3.8, 4) is 28.7 Å². The minimum absolute atomic E-state index is 0.119. The molecule has 1 saturated heterocycles. The summed E-state index contributed by atoms with van der Waals surface area (Å²) in [6.07, 6.45) is 7.47. The van der Waals surface area contributed by atoms with E-state index in [1.165, 1.54) is 6.20 Å². The maximum Gasteiger partial charge on any atom is 0.178 e. The fourth-order valence-electron chi connectivity index (χ4n) is 5.33. The van der Waals surface area contributed by atoms with Gasteiger partial charge in [-0.2, -0.15) is 5.10 Å². The Kier molecular flexibility index (Phi) is 7.59. The van der Waals surface area contributed by atoms with E-state index in [4.69, 9.17) is 20.4 Å². The molecule has 5 rings (SSSR count). The van der Waals surface area contributed by atoms with E-state index in [-0.39, 0.29) is 24.2 Å². The number of aromatic nitrogens is 5. The number of piperidine rings is 1. The topological polar surface area (TPSA) is 120 Å². The Labute approximate surface area is 230 Å². The van der Waals surface area contributed by atoms with Crippen LogP contribution in [0.25, 0.3) is 22.9 Å². The van der Waals surface area contributed by atoms with Gasteiger partial charge < -0.3 is 20.1 Å². The van der Waals surface area contributed by atoms with Crippen LogP contribution in [0.1, 0.15) is 58.0 Å². The molecule has 0 aliphatic carbocycles. The zero-order chi connectivity index (χ0) is 27.7. The smallest absolute Gasteiger partial charge is 0.178 e. The standard InChI is InChI=1S/C29H40N8O2/c1-19(2)37-28(31-20(3)34-37)25-17-35-13-14-39-26-15-21(8-9-23(26)27(35)33-25)24(10-11-30)32-22-7-6-12-36(16-22)29(4,5)18-38/h8-11,15,17,19,22,38H,6-7,12-14,16,18,30H2,1-5H3. The molecule has 0 radical (unpaired) electrons. The number of hydrogen-bond acceptors (Lipinski definition) is 8. The Balaban J connectivity index is 1.47. The first kappa shape index (κ1) is 27.1. The van der Waals surface area contributed by atoms with E-state index in [0.29, 0.717) is 13.2 Å². The van der Waals surface area contributed by atoms with Gasteiger partial charge in [-0.3, -0.25) is 9.89 Å². The van der Waals surface area contributed by atoms with E-state index in [9.17, 15) is 5.11 Å². The van der Waals surface area contributed by atoms with Gasteiger partial charge in [0.1, 0.15) is 29.7 Å². The summed E-state index contributed by atoms with van der Waals surface area (Å²) >= 11 is 0. The lowest BCUT2D eigenvalue weighted by molar-refractivity contribution is 0.0368. The van der Waals surface area contributed by atoms with Crippen LogP contribution in [0, 0.1) is 6.92 Å². The molecule has 2 aromatic heterocycles. The van der Waals surface area contributed by atoms with Crippen LogP contribution in [0.5, 0.6) is 5.75 Å². The Morgan fingerprint density at radius 3 is 2.82 bits per heavy atom. The molecule has 2 aliphatic heterocycles. The molecule has 3 aromatic rings. The number of benzene rings is 1. The van der Waals surface area contributed by atoms with Crippen LogP contribution in [0.4, 0.5) is 0 Å². The lowest BCUT2D eigenvalue weighted by Gasteiger charge is -2.41. The number of allylic oxidation sites excluding steroid dienone is 1. The van der Waals surface area contributed by atoms with E-state index >= 15 is 0 Å². The molecule has 10 nitrogen and oxygen atoms in total. The summed E-state index contributed by atoms with van der Waals surface area (Å²) in [5, 5.41) is 14.4.